The van der Waals surface area contributed by atoms with E-state index in [1.165, 1.54) is 81.6 Å². The van der Waals surface area contributed by atoms with Gasteiger partial charge in [0.15, 0.2) is 0 Å². The van der Waals surface area contributed by atoms with Gasteiger partial charge in [0.25, 0.3) is 5.91 Å². The first-order valence-corrected chi connectivity index (χ1v) is 25.6. The Morgan fingerprint density at radius 1 is 0.603 bits per heavy atom. The van der Waals surface area contributed by atoms with E-state index in [1.807, 2.05) is 0 Å². The average Bonchev–Trinajstić information content (AvgIpc) is 3.78. The number of ether oxygens (including phenoxy) is 3. The molecular formula is C45H82N4O7S2. The fourth-order valence-corrected chi connectivity index (χ4v) is 8.57. The summed E-state index contributed by atoms with van der Waals surface area (Å²) >= 11 is 0. The van der Waals surface area contributed by atoms with Crippen molar-refractivity contribution in [1.82, 2.24) is 20.2 Å². The van der Waals surface area contributed by atoms with E-state index in [4.69, 9.17) is 14.2 Å². The fourth-order valence-electron chi connectivity index (χ4n) is 6.83. The van der Waals surface area contributed by atoms with Crippen molar-refractivity contribution in [3.05, 3.63) is 18.2 Å². The van der Waals surface area contributed by atoms with Gasteiger partial charge >= 0.3 is 18.0 Å². The third kappa shape index (κ3) is 28.9. The van der Waals surface area contributed by atoms with Crippen LogP contribution in [0.5, 0.6) is 0 Å². The van der Waals surface area contributed by atoms with Crippen LogP contribution in [-0.2, 0) is 23.8 Å². The van der Waals surface area contributed by atoms with Crippen molar-refractivity contribution in [2.24, 2.45) is 11.8 Å². The van der Waals surface area contributed by atoms with Crippen LogP contribution in [0.4, 0.5) is 4.79 Å². The highest BCUT2D eigenvalue weighted by Gasteiger charge is 2.23. The number of hydrogen-bond acceptors (Lipinski definition) is 10. The molecule has 58 heavy (non-hydrogen) atoms. The van der Waals surface area contributed by atoms with Crippen molar-refractivity contribution in [3.8, 4) is 0 Å². The van der Waals surface area contributed by atoms with Crippen LogP contribution in [0, 0.1) is 11.8 Å². The number of amides is 2. The van der Waals surface area contributed by atoms with Crippen molar-refractivity contribution in [3.63, 3.8) is 0 Å². The lowest BCUT2D eigenvalue weighted by atomic mass is 9.94. The maximum absolute atomic E-state index is 13.3. The zero-order valence-corrected chi connectivity index (χ0v) is 38.6. The molecule has 336 valence electrons. The number of nitrogens with one attached hydrogen (secondary N) is 2. The van der Waals surface area contributed by atoms with Crippen LogP contribution in [0.25, 0.3) is 0 Å². The van der Waals surface area contributed by atoms with Crippen molar-refractivity contribution in [1.29, 1.82) is 0 Å². The standard InChI is InChI=1S/C45H82N4O7S2/c1-5-9-13-17-19-23-27-39(25-21-15-11-7-3)43(51)54-32-30-49(45(53)56-34-36-58-57-35-29-47-42(50)41-37-46-38-48-41)31-33-55-44(52)40(26-22-16-12-8-4)28-24-20-18-14-10-6-2/h37-40H,5-36H2,1-4H3,(H,46,48)(H,47,50). The Hall–Kier alpha value is -2.41. The quantitative estimate of drug-likeness (QED) is 0.0284. The maximum atomic E-state index is 13.3. The lowest BCUT2D eigenvalue weighted by molar-refractivity contribution is -0.149. The Labute approximate surface area is 360 Å². The zero-order valence-electron chi connectivity index (χ0n) is 37.0. The van der Waals surface area contributed by atoms with Crippen LogP contribution in [0.2, 0.25) is 0 Å². The summed E-state index contributed by atoms with van der Waals surface area (Å²) in [5.41, 5.74) is 0.421. The maximum Gasteiger partial charge on any atom is 0.410 e. The first-order chi connectivity index (χ1) is 28.4. The van der Waals surface area contributed by atoms with Gasteiger partial charge in [-0.2, -0.15) is 0 Å². The van der Waals surface area contributed by atoms with Gasteiger partial charge in [-0.1, -0.05) is 178 Å². The summed E-state index contributed by atoms with van der Waals surface area (Å²) < 4.78 is 17.3. The Morgan fingerprint density at radius 3 is 1.48 bits per heavy atom. The second-order valence-electron chi connectivity index (χ2n) is 15.5. The molecule has 0 aliphatic rings. The lowest BCUT2D eigenvalue weighted by Crippen LogP contribution is -2.38. The van der Waals surface area contributed by atoms with Gasteiger partial charge in [0.1, 0.15) is 25.5 Å². The minimum atomic E-state index is -0.518. The molecule has 2 atom stereocenters. The number of esters is 2. The number of aromatic nitrogens is 2. The van der Waals surface area contributed by atoms with E-state index >= 15 is 0 Å². The molecule has 1 rings (SSSR count). The number of carbonyl (C=O) groups is 4. The highest BCUT2D eigenvalue weighted by atomic mass is 33.1. The van der Waals surface area contributed by atoms with Gasteiger partial charge in [-0.25, -0.2) is 9.78 Å². The van der Waals surface area contributed by atoms with E-state index in [1.54, 1.807) is 21.6 Å². The van der Waals surface area contributed by atoms with E-state index < -0.39 is 6.09 Å². The van der Waals surface area contributed by atoms with Crippen LogP contribution in [0.3, 0.4) is 0 Å². The molecule has 13 heteroatoms. The van der Waals surface area contributed by atoms with E-state index in [0.717, 1.165) is 89.9 Å². The van der Waals surface area contributed by atoms with Gasteiger partial charge in [0.05, 0.1) is 37.4 Å². The molecule has 0 aromatic carbocycles. The lowest BCUT2D eigenvalue weighted by Gasteiger charge is -2.23. The Bertz CT molecular complexity index is 1090. The summed E-state index contributed by atoms with van der Waals surface area (Å²) in [6, 6.07) is 0. The smallest absolute Gasteiger partial charge is 0.410 e. The summed E-state index contributed by atoms with van der Waals surface area (Å²) in [7, 11) is 3.14. The molecular weight excluding hydrogens is 773 g/mol. The number of hydrogen-bond donors (Lipinski definition) is 2. The van der Waals surface area contributed by atoms with Gasteiger partial charge in [-0.3, -0.25) is 14.4 Å². The summed E-state index contributed by atoms with van der Waals surface area (Å²) in [5, 5.41) is 2.84. The van der Waals surface area contributed by atoms with Gasteiger partial charge in [0, 0.05) is 18.1 Å². The normalized spacial score (nSPS) is 12.2. The molecule has 0 saturated carbocycles. The molecule has 0 radical (unpaired) electrons. The molecule has 2 unspecified atom stereocenters. The molecule has 0 aliphatic heterocycles. The third-order valence-corrected chi connectivity index (χ3v) is 12.8. The summed E-state index contributed by atoms with van der Waals surface area (Å²) in [4.78, 5) is 60.2. The minimum Gasteiger partial charge on any atom is -0.464 e. The highest BCUT2D eigenvalue weighted by Crippen LogP contribution is 2.23. The molecule has 0 spiro atoms. The number of rotatable bonds is 40. The molecule has 1 aromatic heterocycles. The number of unbranched alkanes of at least 4 members (excludes halogenated alkanes) is 16. The number of H-pyrrole nitrogens is 1. The third-order valence-electron chi connectivity index (χ3n) is 10.4. The Morgan fingerprint density at radius 2 is 1.03 bits per heavy atom. The largest absolute Gasteiger partial charge is 0.464 e. The Kier molecular flexibility index (Phi) is 35.8. The second kappa shape index (κ2) is 38.8. The Balaban J connectivity index is 2.74. The summed E-state index contributed by atoms with van der Waals surface area (Å²) in [6.07, 6.45) is 28.8. The van der Waals surface area contributed by atoms with Crippen LogP contribution >= 0.6 is 21.6 Å². The van der Waals surface area contributed by atoms with Crippen molar-refractivity contribution < 1.29 is 33.4 Å². The van der Waals surface area contributed by atoms with Crippen molar-refractivity contribution >= 4 is 45.5 Å². The van der Waals surface area contributed by atoms with Gasteiger partial charge in [0.2, 0.25) is 0 Å². The predicted molar refractivity (Wildman–Crippen MR) is 241 cm³/mol. The molecule has 1 heterocycles. The fraction of sp³-hybridized carbons (Fsp3) is 0.844. The van der Waals surface area contributed by atoms with Crippen molar-refractivity contribution in [2.45, 2.75) is 182 Å². The van der Waals surface area contributed by atoms with E-state index in [9.17, 15) is 19.2 Å². The van der Waals surface area contributed by atoms with Gasteiger partial charge in [-0.15, -0.1) is 0 Å². The first kappa shape index (κ1) is 53.6. The minimum absolute atomic E-state index is 0.0663. The van der Waals surface area contributed by atoms with Gasteiger partial charge in [-0.05, 0) is 25.7 Å². The molecule has 0 fully saturated rings. The van der Waals surface area contributed by atoms with Crippen LogP contribution in [-0.4, -0.2) is 89.8 Å². The molecule has 0 saturated heterocycles. The molecule has 2 amide bonds. The molecule has 1 aromatic rings. The van der Waals surface area contributed by atoms with Crippen LogP contribution in [0.1, 0.15) is 192 Å². The van der Waals surface area contributed by atoms with Crippen LogP contribution < -0.4 is 5.32 Å². The first-order valence-electron chi connectivity index (χ1n) is 23.1. The number of carbonyl (C=O) groups excluding carboxylic acids is 4. The molecule has 2 N–H and O–H groups in total. The monoisotopic (exact) mass is 855 g/mol. The number of aromatic amines is 1. The zero-order chi connectivity index (χ0) is 42.3. The van der Waals surface area contributed by atoms with Gasteiger partial charge < -0.3 is 29.4 Å². The topological polar surface area (TPSA) is 140 Å². The predicted octanol–water partition coefficient (Wildman–Crippen LogP) is 11.7. The SMILES string of the molecule is CCCCCCCCC(CCCCCC)C(=O)OCCN(CCOC(=O)C(CCCCCC)CCCCCCCC)C(=O)OCCSSCCNC(=O)c1cnc[nH]1. The number of nitrogens with zero attached hydrogens (tertiary/aromatic N) is 2. The van der Waals surface area contributed by atoms with E-state index in [0.29, 0.717) is 23.7 Å². The molecule has 0 aliphatic carbocycles. The van der Waals surface area contributed by atoms with E-state index in [2.05, 4.69) is 43.0 Å². The highest BCUT2D eigenvalue weighted by molar-refractivity contribution is 8.76. The molecule has 11 nitrogen and oxygen atoms in total. The second-order valence-corrected chi connectivity index (χ2v) is 18.2. The molecule has 0 bridgehead atoms. The summed E-state index contributed by atoms with van der Waals surface area (Å²) in [5.74, 6) is 0.447. The number of imidazole rings is 1. The average molecular weight is 855 g/mol. The van der Waals surface area contributed by atoms with Crippen molar-refractivity contribution in [2.75, 3.05) is 51.0 Å². The van der Waals surface area contributed by atoms with E-state index in [-0.39, 0.29) is 62.6 Å². The summed E-state index contributed by atoms with van der Waals surface area (Å²) in [6.45, 7) is 9.97. The van der Waals surface area contributed by atoms with Crippen LogP contribution in [0.15, 0.2) is 12.5 Å².